The summed E-state index contributed by atoms with van der Waals surface area (Å²) in [4.78, 5) is 14.0. The maximum atomic E-state index is 12.2. The van der Waals surface area contributed by atoms with E-state index in [0.717, 1.165) is 5.69 Å². The number of carbonyl (C=O) groups excluding carboxylic acids is 1. The minimum absolute atomic E-state index is 0.0659. The van der Waals surface area contributed by atoms with Crippen molar-refractivity contribution in [3.05, 3.63) is 42.2 Å². The molecule has 2 aliphatic heterocycles. The molecule has 16 heavy (non-hydrogen) atoms. The zero-order valence-electron chi connectivity index (χ0n) is 9.09. The van der Waals surface area contributed by atoms with Crippen LogP contribution in [0.2, 0.25) is 0 Å². The van der Waals surface area contributed by atoms with Crippen LogP contribution in [0.4, 0.5) is 5.69 Å². The quantitative estimate of drug-likeness (QED) is 0.717. The van der Waals surface area contributed by atoms with E-state index in [4.69, 9.17) is 4.74 Å². The molecular formula is C13H13NO2. The second-order valence-electron chi connectivity index (χ2n) is 4.05. The number of anilines is 1. The van der Waals surface area contributed by atoms with Crippen LogP contribution in [-0.4, -0.2) is 18.6 Å². The van der Waals surface area contributed by atoms with E-state index in [-0.39, 0.29) is 17.9 Å². The molecule has 0 aliphatic carbocycles. The minimum Gasteiger partial charge on any atom is -0.488 e. The zero-order valence-corrected chi connectivity index (χ0v) is 9.09. The lowest BCUT2D eigenvalue weighted by atomic mass is 9.88. The maximum Gasteiger partial charge on any atom is 0.268 e. The lowest BCUT2D eigenvalue weighted by Crippen LogP contribution is -2.45. The Balaban J connectivity index is 2.16. The van der Waals surface area contributed by atoms with Gasteiger partial charge in [0.25, 0.3) is 5.91 Å². The van der Waals surface area contributed by atoms with Gasteiger partial charge in [-0.1, -0.05) is 18.2 Å². The van der Waals surface area contributed by atoms with Crippen molar-refractivity contribution in [1.82, 2.24) is 0 Å². The van der Waals surface area contributed by atoms with Crippen LogP contribution in [0.25, 0.3) is 0 Å². The fourth-order valence-electron chi connectivity index (χ4n) is 2.49. The average molecular weight is 215 g/mol. The highest BCUT2D eigenvalue weighted by Crippen LogP contribution is 2.40. The molecule has 3 heteroatoms. The molecule has 2 heterocycles. The molecule has 1 aromatic rings. The second-order valence-corrected chi connectivity index (χ2v) is 4.05. The van der Waals surface area contributed by atoms with Gasteiger partial charge in [-0.15, -0.1) is 0 Å². The van der Waals surface area contributed by atoms with Crippen LogP contribution in [0.5, 0.6) is 0 Å². The zero-order chi connectivity index (χ0) is 11.1. The number of amides is 1. The van der Waals surface area contributed by atoms with E-state index in [1.165, 1.54) is 5.56 Å². The van der Waals surface area contributed by atoms with Crippen molar-refractivity contribution in [2.75, 3.05) is 11.4 Å². The van der Waals surface area contributed by atoms with Gasteiger partial charge >= 0.3 is 0 Å². The average Bonchev–Trinajstić information content (AvgIpc) is 2.79. The number of nitrogens with zero attached hydrogens (tertiary/aromatic N) is 1. The predicted octanol–water partition coefficient (Wildman–Crippen LogP) is 2.05. The highest BCUT2D eigenvalue weighted by Gasteiger charge is 2.41. The molecule has 1 aromatic carbocycles. The monoisotopic (exact) mass is 215 g/mol. The second kappa shape index (κ2) is 3.37. The summed E-state index contributed by atoms with van der Waals surface area (Å²) in [7, 11) is 0. The van der Waals surface area contributed by atoms with Gasteiger partial charge in [0.05, 0.1) is 12.2 Å². The van der Waals surface area contributed by atoms with E-state index in [2.05, 4.69) is 6.07 Å². The van der Waals surface area contributed by atoms with Crippen LogP contribution in [-0.2, 0) is 9.53 Å². The van der Waals surface area contributed by atoms with Gasteiger partial charge in [0, 0.05) is 12.2 Å². The smallest absolute Gasteiger partial charge is 0.268 e. The summed E-state index contributed by atoms with van der Waals surface area (Å²) < 4.78 is 5.39. The normalized spacial score (nSPS) is 26.3. The van der Waals surface area contributed by atoms with Crippen molar-refractivity contribution in [3.63, 3.8) is 0 Å². The summed E-state index contributed by atoms with van der Waals surface area (Å²) in [5.41, 5.74) is 2.20. The molecule has 3 nitrogen and oxygen atoms in total. The summed E-state index contributed by atoms with van der Waals surface area (Å²) in [6.45, 7) is 2.67. The molecule has 82 valence electrons. The molecule has 0 saturated carbocycles. The van der Waals surface area contributed by atoms with E-state index in [1.54, 1.807) is 11.2 Å². The van der Waals surface area contributed by atoms with Gasteiger partial charge in [-0.2, -0.15) is 0 Å². The molecule has 2 atom stereocenters. The van der Waals surface area contributed by atoms with Crippen LogP contribution in [0.15, 0.2) is 36.6 Å². The first kappa shape index (κ1) is 9.46. The topological polar surface area (TPSA) is 29.5 Å². The highest BCUT2D eigenvalue weighted by molar-refractivity contribution is 6.01. The van der Waals surface area contributed by atoms with Crippen molar-refractivity contribution in [3.8, 4) is 0 Å². The van der Waals surface area contributed by atoms with E-state index < -0.39 is 0 Å². The first-order valence-electron chi connectivity index (χ1n) is 5.55. The van der Waals surface area contributed by atoms with Crippen molar-refractivity contribution >= 4 is 11.6 Å². The number of benzene rings is 1. The van der Waals surface area contributed by atoms with Gasteiger partial charge in [-0.25, -0.2) is 0 Å². The van der Waals surface area contributed by atoms with Crippen LogP contribution in [0.3, 0.4) is 0 Å². The number of fused-ring (bicyclic) bond motifs is 3. The molecule has 0 aromatic heterocycles. The summed E-state index contributed by atoms with van der Waals surface area (Å²) in [5, 5.41) is 0. The highest BCUT2D eigenvalue weighted by atomic mass is 16.5. The third kappa shape index (κ3) is 1.11. The van der Waals surface area contributed by atoms with E-state index in [1.807, 2.05) is 31.2 Å². The van der Waals surface area contributed by atoms with Gasteiger partial charge in [-0.05, 0) is 24.6 Å². The Morgan fingerprint density at radius 2 is 2.19 bits per heavy atom. The molecule has 0 unspecified atom stereocenters. The van der Waals surface area contributed by atoms with E-state index in [9.17, 15) is 4.79 Å². The largest absolute Gasteiger partial charge is 0.488 e. The summed E-state index contributed by atoms with van der Waals surface area (Å²) >= 11 is 0. The maximum absolute atomic E-state index is 12.2. The fraction of sp³-hybridized carbons (Fsp3) is 0.308. The molecule has 0 radical (unpaired) electrons. The fourth-order valence-corrected chi connectivity index (χ4v) is 2.49. The van der Waals surface area contributed by atoms with Gasteiger partial charge in [0.1, 0.15) is 0 Å². The number of likely N-dealkylation sites (N-methyl/N-ethyl adjacent to an activating group) is 1. The van der Waals surface area contributed by atoms with Crippen molar-refractivity contribution in [2.45, 2.75) is 18.9 Å². The lowest BCUT2D eigenvalue weighted by molar-refractivity contribution is -0.127. The Labute approximate surface area is 94.3 Å². The molecule has 3 rings (SSSR count). The van der Waals surface area contributed by atoms with Crippen molar-refractivity contribution < 1.29 is 9.53 Å². The van der Waals surface area contributed by atoms with Gasteiger partial charge in [-0.3, -0.25) is 4.79 Å². The minimum atomic E-state index is -0.352. The number of rotatable bonds is 1. The summed E-state index contributed by atoms with van der Waals surface area (Å²) in [6, 6.07) is 8.04. The van der Waals surface area contributed by atoms with Crippen LogP contribution < -0.4 is 4.90 Å². The third-order valence-electron chi connectivity index (χ3n) is 3.25. The Kier molecular flexibility index (Phi) is 1.99. The van der Waals surface area contributed by atoms with Gasteiger partial charge in [0.2, 0.25) is 0 Å². The van der Waals surface area contributed by atoms with Crippen LogP contribution in [0.1, 0.15) is 18.4 Å². The first-order chi connectivity index (χ1) is 7.83. The third-order valence-corrected chi connectivity index (χ3v) is 3.25. The molecule has 0 saturated heterocycles. The van der Waals surface area contributed by atoms with E-state index >= 15 is 0 Å². The molecular weight excluding hydrogens is 202 g/mol. The number of para-hydroxylation sites is 1. The molecule has 1 amide bonds. The SMILES string of the molecule is CCN1C(=O)[C@H]2OC=C[C@@H]2c2ccccc21. The predicted molar refractivity (Wildman–Crippen MR) is 61.2 cm³/mol. The number of ether oxygens (including phenoxy) is 1. The molecule has 0 N–H and O–H groups in total. The van der Waals surface area contributed by atoms with Gasteiger partial charge in [0.15, 0.2) is 6.10 Å². The van der Waals surface area contributed by atoms with Crippen LogP contribution >= 0.6 is 0 Å². The summed E-state index contributed by atoms with van der Waals surface area (Å²) in [5.74, 6) is 0.155. The Morgan fingerprint density at radius 3 is 3.00 bits per heavy atom. The summed E-state index contributed by atoms with van der Waals surface area (Å²) in [6.07, 6.45) is 3.26. The van der Waals surface area contributed by atoms with Crippen molar-refractivity contribution in [2.24, 2.45) is 0 Å². The molecule has 0 spiro atoms. The Morgan fingerprint density at radius 1 is 1.38 bits per heavy atom. The first-order valence-corrected chi connectivity index (χ1v) is 5.55. The van der Waals surface area contributed by atoms with Crippen molar-refractivity contribution in [1.29, 1.82) is 0 Å². The Hall–Kier alpha value is -1.77. The number of hydrogen-bond donors (Lipinski definition) is 0. The van der Waals surface area contributed by atoms with E-state index in [0.29, 0.717) is 6.54 Å². The standard InChI is InChI=1S/C13H13NO2/c1-2-14-11-6-4-3-5-9(11)10-7-8-16-12(10)13(14)15/h3-8,10,12H,2H2,1H3/t10-,12+/m1/s1. The lowest BCUT2D eigenvalue weighted by Gasteiger charge is -2.34. The molecule has 0 fully saturated rings. The molecule has 0 bridgehead atoms. The number of carbonyl (C=O) groups is 1. The van der Waals surface area contributed by atoms with Gasteiger partial charge < -0.3 is 9.64 Å². The molecule has 2 aliphatic rings. The Bertz CT molecular complexity index is 452. The number of hydrogen-bond acceptors (Lipinski definition) is 2. The van der Waals surface area contributed by atoms with Crippen LogP contribution in [0, 0.1) is 0 Å².